The van der Waals surface area contributed by atoms with Crippen LogP contribution in [-0.4, -0.2) is 24.1 Å². The zero-order valence-electron chi connectivity index (χ0n) is 13.3. The van der Waals surface area contributed by atoms with Crippen molar-refractivity contribution < 1.29 is 14.3 Å². The molecule has 0 aliphatic carbocycles. The van der Waals surface area contributed by atoms with E-state index in [2.05, 4.69) is 31.3 Å². The number of carbonyl (C=O) groups is 2. The Balaban J connectivity index is 1.87. The van der Waals surface area contributed by atoms with Gasteiger partial charge in [0.25, 0.3) is 0 Å². The zero-order chi connectivity index (χ0) is 18.2. The van der Waals surface area contributed by atoms with Gasteiger partial charge in [0.1, 0.15) is 0 Å². The van der Waals surface area contributed by atoms with E-state index in [0.717, 1.165) is 10.0 Å². The second kappa shape index (κ2) is 9.10. The fourth-order valence-electron chi connectivity index (χ4n) is 1.87. The van der Waals surface area contributed by atoms with Gasteiger partial charge in [-0.3, -0.25) is 10.1 Å². The molecule has 2 aromatic carbocycles. The van der Waals surface area contributed by atoms with Crippen LogP contribution in [0.5, 0.6) is 0 Å². The molecule has 0 radical (unpaired) electrons. The predicted octanol–water partition coefficient (Wildman–Crippen LogP) is 3.76. The van der Waals surface area contributed by atoms with E-state index in [1.54, 1.807) is 30.3 Å². The maximum atomic E-state index is 11.9. The van der Waals surface area contributed by atoms with Crippen LogP contribution in [0.25, 0.3) is 6.08 Å². The normalized spacial score (nSPS) is 10.3. The minimum Gasteiger partial charge on any atom is -0.465 e. The largest absolute Gasteiger partial charge is 0.465 e. The second-order valence-corrected chi connectivity index (χ2v) is 6.22. The summed E-state index contributed by atoms with van der Waals surface area (Å²) in [6.45, 7) is 0. The van der Waals surface area contributed by atoms with Gasteiger partial charge < -0.3 is 10.1 Å². The number of rotatable bonds is 4. The molecule has 2 N–H and O–H groups in total. The van der Waals surface area contributed by atoms with Crippen LogP contribution in [0, 0.1) is 0 Å². The number of anilines is 1. The number of nitrogens with one attached hydrogen (secondary N) is 2. The monoisotopic (exact) mass is 418 g/mol. The topological polar surface area (TPSA) is 67.4 Å². The molecule has 0 saturated carbocycles. The van der Waals surface area contributed by atoms with E-state index in [9.17, 15) is 9.59 Å². The van der Waals surface area contributed by atoms with Crippen molar-refractivity contribution in [2.75, 3.05) is 12.4 Å². The highest BCUT2D eigenvalue weighted by Gasteiger charge is 2.06. The van der Waals surface area contributed by atoms with E-state index in [-0.39, 0.29) is 11.0 Å². The Labute approximate surface area is 159 Å². The summed E-state index contributed by atoms with van der Waals surface area (Å²) in [5, 5.41) is 5.59. The molecule has 0 saturated heterocycles. The van der Waals surface area contributed by atoms with Gasteiger partial charge in [0.05, 0.1) is 12.7 Å². The second-order valence-electron chi connectivity index (χ2n) is 4.90. The van der Waals surface area contributed by atoms with Crippen molar-refractivity contribution in [3.8, 4) is 0 Å². The third-order valence-corrected chi connectivity index (χ3v) is 3.83. The zero-order valence-corrected chi connectivity index (χ0v) is 15.7. The number of hydrogen-bond acceptors (Lipinski definition) is 4. The summed E-state index contributed by atoms with van der Waals surface area (Å²) in [6.07, 6.45) is 3.09. The van der Waals surface area contributed by atoms with Gasteiger partial charge in [-0.15, -0.1) is 0 Å². The summed E-state index contributed by atoms with van der Waals surface area (Å²) < 4.78 is 5.60. The number of esters is 1. The number of thiocarbonyl (C=S) groups is 1. The van der Waals surface area contributed by atoms with Crippen LogP contribution < -0.4 is 10.6 Å². The van der Waals surface area contributed by atoms with Crippen LogP contribution in [0.3, 0.4) is 0 Å². The maximum absolute atomic E-state index is 11.9. The molecule has 2 rings (SSSR count). The molecule has 25 heavy (non-hydrogen) atoms. The number of benzene rings is 2. The van der Waals surface area contributed by atoms with Crippen LogP contribution >= 0.6 is 28.1 Å². The van der Waals surface area contributed by atoms with Crippen LogP contribution in [0.4, 0.5) is 5.69 Å². The fraction of sp³-hybridized carbons (Fsp3) is 0.0556. The molecule has 128 valence electrons. The van der Waals surface area contributed by atoms with E-state index >= 15 is 0 Å². The van der Waals surface area contributed by atoms with Crippen LogP contribution in [0.15, 0.2) is 59.1 Å². The Morgan fingerprint density at radius 3 is 2.32 bits per heavy atom. The van der Waals surface area contributed by atoms with E-state index < -0.39 is 5.97 Å². The Bertz CT molecular complexity index is 802. The summed E-state index contributed by atoms with van der Waals surface area (Å²) in [5.41, 5.74) is 1.98. The number of methoxy groups -OCH3 is 1. The molecule has 0 fully saturated rings. The highest BCUT2D eigenvalue weighted by atomic mass is 79.9. The smallest absolute Gasteiger partial charge is 0.337 e. The molecular weight excluding hydrogens is 404 g/mol. The third kappa shape index (κ3) is 6.13. The first kappa shape index (κ1) is 18.8. The van der Waals surface area contributed by atoms with Crippen molar-refractivity contribution >= 4 is 56.9 Å². The van der Waals surface area contributed by atoms with Crippen LogP contribution in [-0.2, 0) is 9.53 Å². The molecule has 2 aromatic rings. The lowest BCUT2D eigenvalue weighted by Gasteiger charge is -2.08. The van der Waals surface area contributed by atoms with Crippen LogP contribution in [0.2, 0.25) is 0 Å². The Kier molecular flexibility index (Phi) is 6.85. The molecule has 7 heteroatoms. The van der Waals surface area contributed by atoms with Crippen molar-refractivity contribution in [2.45, 2.75) is 0 Å². The molecule has 0 aromatic heterocycles. The van der Waals surface area contributed by atoms with Gasteiger partial charge in [0.2, 0.25) is 5.91 Å². The fourth-order valence-corrected chi connectivity index (χ4v) is 2.35. The minimum atomic E-state index is -0.416. The van der Waals surface area contributed by atoms with Gasteiger partial charge in [-0.2, -0.15) is 0 Å². The number of ether oxygens (including phenoxy) is 1. The Hall–Kier alpha value is -2.51. The van der Waals surface area contributed by atoms with Gasteiger partial charge in [-0.1, -0.05) is 28.1 Å². The lowest BCUT2D eigenvalue weighted by molar-refractivity contribution is -0.115. The average Bonchev–Trinajstić information content (AvgIpc) is 2.61. The average molecular weight is 419 g/mol. The summed E-state index contributed by atoms with van der Waals surface area (Å²) in [7, 11) is 1.32. The number of halogens is 1. The Morgan fingerprint density at radius 2 is 1.72 bits per heavy atom. The lowest BCUT2D eigenvalue weighted by atomic mass is 10.2. The molecule has 0 heterocycles. The van der Waals surface area contributed by atoms with Crippen LogP contribution in [0.1, 0.15) is 15.9 Å². The van der Waals surface area contributed by atoms with Crippen molar-refractivity contribution in [2.24, 2.45) is 0 Å². The Morgan fingerprint density at radius 1 is 1.08 bits per heavy atom. The van der Waals surface area contributed by atoms with Crippen molar-refractivity contribution in [1.29, 1.82) is 0 Å². The molecule has 1 amide bonds. The number of hydrogen-bond donors (Lipinski definition) is 2. The third-order valence-electron chi connectivity index (χ3n) is 3.10. The maximum Gasteiger partial charge on any atom is 0.337 e. The van der Waals surface area contributed by atoms with Crippen molar-refractivity contribution in [3.63, 3.8) is 0 Å². The standard InChI is InChI=1S/C18H15BrN2O3S/c1-24-17(23)13-5-9-15(10-6-13)20-18(25)21-16(22)11-4-12-2-7-14(19)8-3-12/h2-11H,1H3,(H2,20,21,22,25)/b11-4+. The van der Waals surface area contributed by atoms with E-state index in [4.69, 9.17) is 12.2 Å². The highest BCUT2D eigenvalue weighted by molar-refractivity contribution is 9.10. The molecule has 5 nitrogen and oxygen atoms in total. The molecule has 0 spiro atoms. The SMILES string of the molecule is COC(=O)c1ccc(NC(=S)NC(=O)/C=C/c2ccc(Br)cc2)cc1. The molecule has 0 aliphatic heterocycles. The summed E-state index contributed by atoms with van der Waals surface area (Å²) in [5.74, 6) is -0.757. The molecular formula is C18H15BrN2O3S. The first-order chi connectivity index (χ1) is 12.0. The van der Waals surface area contributed by atoms with Gasteiger partial charge in [0, 0.05) is 16.2 Å². The molecule has 0 aliphatic rings. The van der Waals surface area contributed by atoms with Gasteiger partial charge >= 0.3 is 5.97 Å². The molecule has 0 atom stereocenters. The quantitative estimate of drug-likeness (QED) is 0.449. The molecule has 0 bridgehead atoms. The predicted molar refractivity (Wildman–Crippen MR) is 105 cm³/mol. The molecule has 0 unspecified atom stereocenters. The number of carbonyl (C=O) groups excluding carboxylic acids is 2. The first-order valence-corrected chi connectivity index (χ1v) is 8.42. The van der Waals surface area contributed by atoms with Gasteiger partial charge in [-0.05, 0) is 60.3 Å². The summed E-state index contributed by atoms with van der Waals surface area (Å²) in [4.78, 5) is 23.2. The van der Waals surface area contributed by atoms with Gasteiger partial charge in [0.15, 0.2) is 5.11 Å². The van der Waals surface area contributed by atoms with E-state index in [0.29, 0.717) is 11.3 Å². The number of amides is 1. The van der Waals surface area contributed by atoms with E-state index in [1.807, 2.05) is 24.3 Å². The van der Waals surface area contributed by atoms with E-state index in [1.165, 1.54) is 13.2 Å². The highest BCUT2D eigenvalue weighted by Crippen LogP contribution is 2.12. The summed E-state index contributed by atoms with van der Waals surface area (Å²) in [6, 6.07) is 14.1. The summed E-state index contributed by atoms with van der Waals surface area (Å²) >= 11 is 8.44. The minimum absolute atomic E-state index is 0.163. The van der Waals surface area contributed by atoms with Crippen molar-refractivity contribution in [3.05, 3.63) is 70.2 Å². The first-order valence-electron chi connectivity index (χ1n) is 7.22. The van der Waals surface area contributed by atoms with Crippen molar-refractivity contribution in [1.82, 2.24) is 5.32 Å². The lowest BCUT2D eigenvalue weighted by Crippen LogP contribution is -2.32. The van der Waals surface area contributed by atoms with Gasteiger partial charge in [-0.25, -0.2) is 4.79 Å².